The van der Waals surface area contributed by atoms with Gasteiger partial charge in [-0.3, -0.25) is 0 Å². The number of hydrogen-bond donors (Lipinski definition) is 2. The van der Waals surface area contributed by atoms with Crippen molar-refractivity contribution in [3.63, 3.8) is 0 Å². The predicted octanol–water partition coefficient (Wildman–Crippen LogP) is 9.32. The lowest BCUT2D eigenvalue weighted by Gasteiger charge is -2.23. The average molecular weight is 507 g/mol. The average Bonchev–Trinajstić information content (AvgIpc) is 2.95. The summed E-state index contributed by atoms with van der Waals surface area (Å²) in [6.07, 6.45) is 10.7. The van der Waals surface area contributed by atoms with Crippen LogP contribution < -0.4 is 20.9 Å². The summed E-state index contributed by atoms with van der Waals surface area (Å²) in [6, 6.07) is 32.1. The van der Waals surface area contributed by atoms with Gasteiger partial charge in [0.15, 0.2) is 0 Å². The van der Waals surface area contributed by atoms with Crippen LogP contribution in [0.2, 0.25) is 0 Å². The van der Waals surface area contributed by atoms with E-state index in [1.807, 2.05) is 48.5 Å². The van der Waals surface area contributed by atoms with Crippen LogP contribution in [0.4, 0.5) is 11.4 Å². The zero-order valence-electron chi connectivity index (χ0n) is 22.0. The largest absolute Gasteiger partial charge is 0.457 e. The first kappa shape index (κ1) is 25.7. The van der Waals surface area contributed by atoms with Crippen molar-refractivity contribution in [1.82, 2.24) is 0 Å². The number of nitrogen functional groups attached to an aromatic ring is 2. The first-order valence-electron chi connectivity index (χ1n) is 13.9. The third kappa shape index (κ3) is 7.10. The maximum Gasteiger partial charge on any atom is 0.127 e. The summed E-state index contributed by atoms with van der Waals surface area (Å²) in [5.74, 6) is 4.45. The fraction of sp³-hybridized carbons (Fsp3) is 0.294. The molecule has 1 fully saturated rings. The molecular formula is C34H38N2O2. The summed E-state index contributed by atoms with van der Waals surface area (Å²) in [7, 11) is 0. The minimum absolute atomic E-state index is 0.328. The Hall–Kier alpha value is -3.92. The van der Waals surface area contributed by atoms with E-state index in [1.54, 1.807) is 0 Å². The lowest BCUT2D eigenvalue weighted by atomic mass is 9.82. The normalized spacial score (nSPS) is 13.9. The lowest BCUT2D eigenvalue weighted by Crippen LogP contribution is -2.08. The van der Waals surface area contributed by atoms with Crippen LogP contribution in [-0.4, -0.2) is 0 Å². The molecule has 196 valence electrons. The van der Waals surface area contributed by atoms with Crippen LogP contribution >= 0.6 is 0 Å². The predicted molar refractivity (Wildman–Crippen MR) is 157 cm³/mol. The Morgan fingerprint density at radius 2 is 0.947 bits per heavy atom. The van der Waals surface area contributed by atoms with Crippen LogP contribution in [-0.2, 0) is 0 Å². The van der Waals surface area contributed by atoms with Gasteiger partial charge in [0.1, 0.15) is 23.0 Å². The van der Waals surface area contributed by atoms with Crippen molar-refractivity contribution < 1.29 is 9.47 Å². The van der Waals surface area contributed by atoms with E-state index in [9.17, 15) is 0 Å². The van der Waals surface area contributed by atoms with Crippen molar-refractivity contribution in [2.75, 3.05) is 11.5 Å². The zero-order valence-corrected chi connectivity index (χ0v) is 22.0. The molecule has 0 saturated heterocycles. The van der Waals surface area contributed by atoms with Gasteiger partial charge in [0.05, 0.1) is 0 Å². The van der Waals surface area contributed by atoms with Crippen molar-refractivity contribution >= 4 is 11.4 Å². The van der Waals surface area contributed by atoms with Gasteiger partial charge in [0.25, 0.3) is 0 Å². The van der Waals surface area contributed by atoms with Gasteiger partial charge in [-0.25, -0.2) is 0 Å². The topological polar surface area (TPSA) is 70.5 Å². The van der Waals surface area contributed by atoms with E-state index >= 15 is 0 Å². The van der Waals surface area contributed by atoms with Gasteiger partial charge in [0.2, 0.25) is 0 Å². The molecule has 0 spiro atoms. The summed E-state index contributed by atoms with van der Waals surface area (Å²) in [5.41, 5.74) is 15.7. The van der Waals surface area contributed by atoms with Gasteiger partial charge in [-0.2, -0.15) is 0 Å². The highest BCUT2D eigenvalue weighted by molar-refractivity contribution is 5.45. The number of ether oxygens (including phenoxy) is 2. The Morgan fingerprint density at radius 1 is 0.553 bits per heavy atom. The molecule has 38 heavy (non-hydrogen) atoms. The van der Waals surface area contributed by atoms with E-state index in [1.165, 1.54) is 56.1 Å². The molecule has 0 amide bonds. The van der Waals surface area contributed by atoms with Gasteiger partial charge < -0.3 is 20.9 Å². The smallest absolute Gasteiger partial charge is 0.127 e. The first-order valence-corrected chi connectivity index (χ1v) is 13.9. The molecule has 1 saturated carbocycles. The minimum atomic E-state index is 0.328. The first-order chi connectivity index (χ1) is 18.6. The standard InChI is InChI=1S/C34H38N2O2/c35-28-13-21-32(22-14-28)37-30-17-9-26(10-18-30)34(8-4-7-25-5-2-1-3-6-25)27-11-19-31(20-12-27)38-33-23-15-29(36)16-24-33/h9-25,34H,1-8,35-36H2. The Balaban J connectivity index is 1.30. The molecule has 0 bridgehead atoms. The second-order valence-corrected chi connectivity index (χ2v) is 10.5. The molecule has 5 rings (SSSR count). The lowest BCUT2D eigenvalue weighted by molar-refractivity contribution is 0.328. The van der Waals surface area contributed by atoms with Crippen LogP contribution in [0.25, 0.3) is 0 Å². The van der Waals surface area contributed by atoms with E-state index in [0.717, 1.165) is 46.7 Å². The molecule has 4 aromatic rings. The van der Waals surface area contributed by atoms with E-state index in [0.29, 0.717) is 5.92 Å². The van der Waals surface area contributed by atoms with Crippen LogP contribution in [0, 0.1) is 5.92 Å². The third-order valence-corrected chi connectivity index (χ3v) is 7.63. The van der Waals surface area contributed by atoms with Crippen molar-refractivity contribution in [1.29, 1.82) is 0 Å². The quantitative estimate of drug-likeness (QED) is 0.210. The zero-order chi connectivity index (χ0) is 26.2. The summed E-state index contributed by atoms with van der Waals surface area (Å²) >= 11 is 0. The SMILES string of the molecule is Nc1ccc(Oc2ccc(C(CCCC3CCCCC3)c3ccc(Oc4ccc(N)cc4)cc3)cc2)cc1. The van der Waals surface area contributed by atoms with Crippen molar-refractivity contribution in [2.45, 2.75) is 57.3 Å². The molecule has 0 unspecified atom stereocenters. The van der Waals surface area contributed by atoms with Crippen LogP contribution in [0.1, 0.15) is 68.4 Å². The molecular weight excluding hydrogens is 468 g/mol. The summed E-state index contributed by atoms with van der Waals surface area (Å²) in [4.78, 5) is 0. The number of hydrogen-bond acceptors (Lipinski definition) is 4. The molecule has 0 radical (unpaired) electrons. The fourth-order valence-electron chi connectivity index (χ4n) is 5.49. The molecule has 4 N–H and O–H groups in total. The van der Waals surface area contributed by atoms with Crippen LogP contribution in [0.3, 0.4) is 0 Å². The Kier molecular flexibility index (Phi) is 8.49. The minimum Gasteiger partial charge on any atom is -0.457 e. The molecule has 4 nitrogen and oxygen atoms in total. The molecule has 0 heterocycles. The Labute approximate surface area is 226 Å². The van der Waals surface area contributed by atoms with E-state index in [2.05, 4.69) is 48.5 Å². The monoisotopic (exact) mass is 506 g/mol. The number of nitrogens with two attached hydrogens (primary N) is 2. The third-order valence-electron chi connectivity index (χ3n) is 7.63. The van der Waals surface area contributed by atoms with Gasteiger partial charge in [0, 0.05) is 17.3 Å². The maximum atomic E-state index is 6.03. The van der Waals surface area contributed by atoms with E-state index < -0.39 is 0 Å². The van der Waals surface area contributed by atoms with Crippen LogP contribution in [0.5, 0.6) is 23.0 Å². The fourth-order valence-corrected chi connectivity index (χ4v) is 5.49. The number of anilines is 2. The van der Waals surface area contributed by atoms with Gasteiger partial charge in [-0.1, -0.05) is 69.2 Å². The van der Waals surface area contributed by atoms with Gasteiger partial charge in [-0.05, 0) is 96.3 Å². The Morgan fingerprint density at radius 3 is 1.37 bits per heavy atom. The molecule has 1 aliphatic carbocycles. The summed E-state index contributed by atoms with van der Waals surface area (Å²) < 4.78 is 12.1. The molecule has 0 aromatic heterocycles. The van der Waals surface area contributed by atoms with Crippen molar-refractivity contribution in [3.8, 4) is 23.0 Å². The summed E-state index contributed by atoms with van der Waals surface area (Å²) in [6.45, 7) is 0. The maximum absolute atomic E-state index is 6.03. The van der Waals surface area contributed by atoms with Crippen molar-refractivity contribution in [3.05, 3.63) is 108 Å². The highest BCUT2D eigenvalue weighted by Gasteiger charge is 2.18. The second kappa shape index (κ2) is 12.6. The van der Waals surface area contributed by atoms with Crippen LogP contribution in [0.15, 0.2) is 97.1 Å². The number of benzene rings is 4. The van der Waals surface area contributed by atoms with Gasteiger partial charge in [-0.15, -0.1) is 0 Å². The molecule has 4 heteroatoms. The molecule has 0 aliphatic heterocycles. The van der Waals surface area contributed by atoms with Crippen molar-refractivity contribution in [2.24, 2.45) is 5.92 Å². The molecule has 4 aromatic carbocycles. The highest BCUT2D eigenvalue weighted by Crippen LogP contribution is 2.35. The number of rotatable bonds is 10. The Bertz CT molecular complexity index is 1170. The second-order valence-electron chi connectivity index (χ2n) is 10.5. The van der Waals surface area contributed by atoms with Gasteiger partial charge >= 0.3 is 0 Å². The van der Waals surface area contributed by atoms with E-state index in [4.69, 9.17) is 20.9 Å². The highest BCUT2D eigenvalue weighted by atomic mass is 16.5. The molecule has 1 aliphatic rings. The van der Waals surface area contributed by atoms with E-state index in [-0.39, 0.29) is 0 Å². The molecule has 0 atom stereocenters. The summed E-state index contributed by atoms with van der Waals surface area (Å²) in [5, 5.41) is 0.